The minimum Gasteiger partial charge on any atom is -0.387 e. The Bertz CT molecular complexity index is 296. The van der Waals surface area contributed by atoms with Gasteiger partial charge in [-0.05, 0) is 32.1 Å². The third-order valence-corrected chi connectivity index (χ3v) is 4.30. The molecule has 0 aromatic heterocycles. The molecule has 18 heavy (non-hydrogen) atoms. The lowest BCUT2D eigenvalue weighted by molar-refractivity contribution is -0.147. The first-order chi connectivity index (χ1) is 8.57. The molecule has 4 heteroatoms. The van der Waals surface area contributed by atoms with Crippen molar-refractivity contribution in [1.82, 2.24) is 10.2 Å². The summed E-state index contributed by atoms with van der Waals surface area (Å²) in [6.07, 6.45) is 5.70. The number of aliphatic hydroxyl groups is 1. The highest BCUT2D eigenvalue weighted by Crippen LogP contribution is 2.44. The Morgan fingerprint density at radius 1 is 1.44 bits per heavy atom. The second-order valence-corrected chi connectivity index (χ2v) is 5.96. The zero-order chi connectivity index (χ0) is 13.2. The number of rotatable bonds is 7. The normalized spacial score (nSPS) is 24.4. The Balaban J connectivity index is 1.65. The molecule has 1 amide bonds. The maximum absolute atomic E-state index is 11.9. The lowest BCUT2D eigenvalue weighted by Gasteiger charge is -2.49. The van der Waals surface area contributed by atoms with Crippen molar-refractivity contribution in [3.8, 4) is 0 Å². The van der Waals surface area contributed by atoms with Crippen molar-refractivity contribution in [2.45, 2.75) is 57.6 Å². The van der Waals surface area contributed by atoms with E-state index in [0.717, 1.165) is 25.8 Å². The number of hydrogen-bond acceptors (Lipinski definition) is 3. The molecule has 1 unspecified atom stereocenters. The molecule has 1 heterocycles. The molecule has 0 aromatic carbocycles. The van der Waals surface area contributed by atoms with Gasteiger partial charge in [-0.2, -0.15) is 0 Å². The van der Waals surface area contributed by atoms with Gasteiger partial charge in [-0.3, -0.25) is 9.69 Å². The second-order valence-electron chi connectivity index (χ2n) is 5.96. The molecule has 0 bridgehead atoms. The van der Waals surface area contributed by atoms with Crippen LogP contribution in [-0.4, -0.2) is 47.2 Å². The van der Waals surface area contributed by atoms with Gasteiger partial charge in [0.25, 0.3) is 0 Å². The number of nitrogens with one attached hydrogen (secondary N) is 1. The van der Waals surface area contributed by atoms with Crippen LogP contribution in [0.4, 0.5) is 0 Å². The van der Waals surface area contributed by atoms with E-state index in [9.17, 15) is 9.90 Å². The van der Waals surface area contributed by atoms with Gasteiger partial charge in [0.05, 0.1) is 11.6 Å². The summed E-state index contributed by atoms with van der Waals surface area (Å²) < 4.78 is 0. The van der Waals surface area contributed by atoms with E-state index < -0.39 is 5.60 Å². The van der Waals surface area contributed by atoms with E-state index in [1.54, 1.807) is 0 Å². The van der Waals surface area contributed by atoms with E-state index in [0.29, 0.717) is 19.0 Å². The Labute approximate surface area is 110 Å². The van der Waals surface area contributed by atoms with Gasteiger partial charge in [-0.1, -0.05) is 19.8 Å². The number of amides is 1. The van der Waals surface area contributed by atoms with E-state index >= 15 is 0 Å². The van der Waals surface area contributed by atoms with Crippen LogP contribution in [0, 0.1) is 5.92 Å². The van der Waals surface area contributed by atoms with Crippen LogP contribution in [0.1, 0.15) is 46.0 Å². The fourth-order valence-electron chi connectivity index (χ4n) is 2.71. The van der Waals surface area contributed by atoms with Crippen LogP contribution >= 0.6 is 0 Å². The highest BCUT2D eigenvalue weighted by molar-refractivity contribution is 5.81. The molecule has 1 aliphatic carbocycles. The number of carbonyl (C=O) groups is 1. The minimum atomic E-state index is -0.489. The molecule has 2 aliphatic rings. The van der Waals surface area contributed by atoms with Gasteiger partial charge in [0, 0.05) is 19.6 Å². The van der Waals surface area contributed by atoms with Crippen molar-refractivity contribution in [3.05, 3.63) is 0 Å². The van der Waals surface area contributed by atoms with E-state index in [-0.39, 0.29) is 11.9 Å². The summed E-state index contributed by atoms with van der Waals surface area (Å²) in [5, 5.41) is 13.2. The van der Waals surface area contributed by atoms with E-state index in [1.165, 1.54) is 12.8 Å². The summed E-state index contributed by atoms with van der Waals surface area (Å²) in [7, 11) is 0. The summed E-state index contributed by atoms with van der Waals surface area (Å²) in [4.78, 5) is 14.0. The Kier molecular flexibility index (Phi) is 4.28. The van der Waals surface area contributed by atoms with E-state index in [2.05, 4.69) is 17.1 Å². The monoisotopic (exact) mass is 254 g/mol. The third kappa shape index (κ3) is 3.04. The van der Waals surface area contributed by atoms with Crippen LogP contribution in [0.3, 0.4) is 0 Å². The number of hydrogen-bond donors (Lipinski definition) is 2. The molecule has 1 aliphatic heterocycles. The quantitative estimate of drug-likeness (QED) is 0.670. The molecule has 0 radical (unpaired) electrons. The van der Waals surface area contributed by atoms with Gasteiger partial charge < -0.3 is 10.4 Å². The molecular weight excluding hydrogens is 228 g/mol. The minimum absolute atomic E-state index is 0.101. The number of β-amino-alcohol motifs (C(OH)–C–C–N with tert-alkyl or cyclic N) is 1. The second kappa shape index (κ2) is 5.57. The summed E-state index contributed by atoms with van der Waals surface area (Å²) in [6, 6.07) is -0.106. The smallest absolute Gasteiger partial charge is 0.237 e. The largest absolute Gasteiger partial charge is 0.387 e. The fourth-order valence-corrected chi connectivity index (χ4v) is 2.71. The maximum Gasteiger partial charge on any atom is 0.237 e. The topological polar surface area (TPSA) is 52.6 Å². The molecule has 104 valence electrons. The van der Waals surface area contributed by atoms with Crippen molar-refractivity contribution in [2.24, 2.45) is 5.92 Å². The lowest BCUT2D eigenvalue weighted by atomic mass is 9.87. The van der Waals surface area contributed by atoms with Crippen LogP contribution in [0.15, 0.2) is 0 Å². The predicted octanol–water partition coefficient (Wildman–Crippen LogP) is 1.14. The van der Waals surface area contributed by atoms with Gasteiger partial charge in [0.15, 0.2) is 0 Å². The van der Waals surface area contributed by atoms with Crippen LogP contribution in [0.2, 0.25) is 0 Å². The summed E-state index contributed by atoms with van der Waals surface area (Å²) in [5.41, 5.74) is -0.489. The van der Waals surface area contributed by atoms with Crippen molar-refractivity contribution in [1.29, 1.82) is 0 Å². The summed E-state index contributed by atoms with van der Waals surface area (Å²) in [6.45, 7) is 6.20. The van der Waals surface area contributed by atoms with Crippen molar-refractivity contribution >= 4 is 5.91 Å². The van der Waals surface area contributed by atoms with Gasteiger partial charge in [-0.15, -0.1) is 0 Å². The average molecular weight is 254 g/mol. The Morgan fingerprint density at radius 2 is 2.11 bits per heavy atom. The first-order valence-corrected chi connectivity index (χ1v) is 7.31. The number of nitrogens with zero attached hydrogens (tertiary/aromatic N) is 1. The third-order valence-electron chi connectivity index (χ3n) is 4.30. The Hall–Kier alpha value is -0.610. The van der Waals surface area contributed by atoms with Crippen molar-refractivity contribution < 1.29 is 9.90 Å². The molecule has 4 nitrogen and oxygen atoms in total. The number of carbonyl (C=O) groups excluding carboxylic acids is 1. The number of likely N-dealkylation sites (tertiary alicyclic amines) is 1. The van der Waals surface area contributed by atoms with Crippen LogP contribution in [0.5, 0.6) is 0 Å². The number of unbranched alkanes of at least 4 members (excludes halogenated alkanes) is 2. The SMILES string of the molecule is CCCCCNC(=O)C(C)N1CC(O)(C2CC2)C1. The molecule has 2 fully saturated rings. The average Bonchev–Trinajstić information content (AvgIpc) is 3.13. The molecule has 2 N–H and O–H groups in total. The van der Waals surface area contributed by atoms with E-state index in [1.807, 2.05) is 6.92 Å². The fraction of sp³-hybridized carbons (Fsp3) is 0.929. The molecule has 1 atom stereocenters. The van der Waals surface area contributed by atoms with Gasteiger partial charge >= 0.3 is 0 Å². The molecular formula is C14H26N2O2. The van der Waals surface area contributed by atoms with Crippen molar-refractivity contribution in [2.75, 3.05) is 19.6 Å². The summed E-state index contributed by atoms with van der Waals surface area (Å²) in [5.74, 6) is 0.595. The van der Waals surface area contributed by atoms with Gasteiger partial charge in [-0.25, -0.2) is 0 Å². The Morgan fingerprint density at radius 3 is 2.67 bits per heavy atom. The first-order valence-electron chi connectivity index (χ1n) is 7.31. The molecule has 2 rings (SSSR count). The van der Waals surface area contributed by atoms with E-state index in [4.69, 9.17) is 0 Å². The summed E-state index contributed by atoms with van der Waals surface area (Å²) >= 11 is 0. The van der Waals surface area contributed by atoms with Gasteiger partial charge in [0.2, 0.25) is 5.91 Å². The highest BCUT2D eigenvalue weighted by Gasteiger charge is 2.53. The zero-order valence-electron chi connectivity index (χ0n) is 11.6. The van der Waals surface area contributed by atoms with Crippen LogP contribution in [-0.2, 0) is 4.79 Å². The van der Waals surface area contributed by atoms with Gasteiger partial charge in [0.1, 0.15) is 0 Å². The predicted molar refractivity (Wildman–Crippen MR) is 71.2 cm³/mol. The highest BCUT2D eigenvalue weighted by atomic mass is 16.3. The molecule has 1 saturated heterocycles. The lowest BCUT2D eigenvalue weighted by Crippen LogP contribution is -2.67. The first kappa shape index (κ1) is 13.8. The maximum atomic E-state index is 11.9. The molecule has 1 saturated carbocycles. The molecule has 0 aromatic rings. The standard InChI is InChI=1S/C14H26N2O2/c1-3-4-5-8-15-13(17)11(2)16-9-14(18,10-16)12-6-7-12/h11-12,18H,3-10H2,1-2H3,(H,15,17). The van der Waals surface area contributed by atoms with Crippen LogP contribution in [0.25, 0.3) is 0 Å². The van der Waals surface area contributed by atoms with Crippen molar-refractivity contribution in [3.63, 3.8) is 0 Å². The zero-order valence-corrected chi connectivity index (χ0v) is 11.6. The van der Waals surface area contributed by atoms with Crippen LogP contribution < -0.4 is 5.32 Å². The molecule has 0 spiro atoms.